The molecule has 2 rings (SSSR count). The molecule has 1 aliphatic rings. The van der Waals surface area contributed by atoms with Gasteiger partial charge >= 0.3 is 0 Å². The zero-order chi connectivity index (χ0) is 15.4. The van der Waals surface area contributed by atoms with Crippen LogP contribution in [0.3, 0.4) is 0 Å². The lowest BCUT2D eigenvalue weighted by atomic mass is 10.0. The van der Waals surface area contributed by atoms with Crippen LogP contribution in [0.1, 0.15) is 51.6 Å². The SMILES string of the molecule is CC(NC1CCCN(C(C)C)CC1)c1ccc(F)cc1F. The van der Waals surface area contributed by atoms with Gasteiger partial charge in [0.25, 0.3) is 0 Å². The van der Waals surface area contributed by atoms with E-state index in [4.69, 9.17) is 0 Å². The third-order valence-corrected chi connectivity index (χ3v) is 4.41. The fourth-order valence-electron chi connectivity index (χ4n) is 3.10. The van der Waals surface area contributed by atoms with Crippen LogP contribution in [0.15, 0.2) is 18.2 Å². The summed E-state index contributed by atoms with van der Waals surface area (Å²) in [4.78, 5) is 2.49. The van der Waals surface area contributed by atoms with Crippen molar-refractivity contribution in [3.63, 3.8) is 0 Å². The van der Waals surface area contributed by atoms with E-state index in [0.717, 1.165) is 38.4 Å². The summed E-state index contributed by atoms with van der Waals surface area (Å²) in [7, 11) is 0. The van der Waals surface area contributed by atoms with Crippen LogP contribution in [0.2, 0.25) is 0 Å². The largest absolute Gasteiger partial charge is 0.307 e. The Kier molecular flexibility index (Phi) is 5.71. The molecule has 118 valence electrons. The van der Waals surface area contributed by atoms with E-state index in [9.17, 15) is 8.78 Å². The molecule has 2 unspecified atom stereocenters. The zero-order valence-electron chi connectivity index (χ0n) is 13.2. The average molecular weight is 296 g/mol. The van der Waals surface area contributed by atoms with Crippen LogP contribution in [0.25, 0.3) is 0 Å². The average Bonchev–Trinajstić information content (AvgIpc) is 2.64. The summed E-state index contributed by atoms with van der Waals surface area (Å²) in [5.41, 5.74) is 0.543. The molecule has 4 heteroatoms. The highest BCUT2D eigenvalue weighted by molar-refractivity contribution is 5.21. The standard InChI is InChI=1S/C17H26F2N2/c1-12(2)21-9-4-5-15(8-10-21)20-13(3)16-7-6-14(18)11-17(16)19/h6-7,11-13,15,20H,4-5,8-10H2,1-3H3. The Balaban J connectivity index is 1.94. The third-order valence-electron chi connectivity index (χ3n) is 4.41. The van der Waals surface area contributed by atoms with Gasteiger partial charge in [-0.25, -0.2) is 8.78 Å². The van der Waals surface area contributed by atoms with Crippen molar-refractivity contribution in [3.8, 4) is 0 Å². The number of benzene rings is 1. The number of likely N-dealkylation sites (tertiary alicyclic amines) is 1. The minimum Gasteiger partial charge on any atom is -0.307 e. The molecule has 2 atom stereocenters. The number of halogens is 2. The highest BCUT2D eigenvalue weighted by Gasteiger charge is 2.21. The molecule has 1 aliphatic heterocycles. The summed E-state index contributed by atoms with van der Waals surface area (Å²) in [5, 5.41) is 3.51. The summed E-state index contributed by atoms with van der Waals surface area (Å²) in [6.45, 7) is 8.61. The number of rotatable bonds is 4. The summed E-state index contributed by atoms with van der Waals surface area (Å²) in [6.07, 6.45) is 3.34. The maximum absolute atomic E-state index is 13.8. The van der Waals surface area contributed by atoms with Crippen molar-refractivity contribution < 1.29 is 8.78 Å². The number of nitrogens with one attached hydrogen (secondary N) is 1. The topological polar surface area (TPSA) is 15.3 Å². The van der Waals surface area contributed by atoms with E-state index < -0.39 is 11.6 Å². The molecule has 1 saturated heterocycles. The second kappa shape index (κ2) is 7.32. The lowest BCUT2D eigenvalue weighted by molar-refractivity contribution is 0.228. The van der Waals surface area contributed by atoms with E-state index in [1.54, 1.807) is 6.07 Å². The summed E-state index contributed by atoms with van der Waals surface area (Å²) in [5.74, 6) is -0.988. The first-order valence-electron chi connectivity index (χ1n) is 7.92. The van der Waals surface area contributed by atoms with Gasteiger partial charge in [-0.15, -0.1) is 0 Å². The molecule has 1 aromatic rings. The van der Waals surface area contributed by atoms with Gasteiger partial charge in [0.1, 0.15) is 11.6 Å². The van der Waals surface area contributed by atoms with Gasteiger partial charge in [-0.05, 0) is 59.2 Å². The summed E-state index contributed by atoms with van der Waals surface area (Å²) < 4.78 is 26.8. The molecule has 21 heavy (non-hydrogen) atoms. The van der Waals surface area contributed by atoms with Crippen LogP contribution in [0.4, 0.5) is 8.78 Å². The van der Waals surface area contributed by atoms with Gasteiger partial charge in [0.15, 0.2) is 0 Å². The summed E-state index contributed by atoms with van der Waals surface area (Å²) in [6, 6.07) is 4.70. The van der Waals surface area contributed by atoms with Crippen molar-refractivity contribution in [2.45, 2.75) is 58.2 Å². The lowest BCUT2D eigenvalue weighted by Gasteiger charge is -2.25. The van der Waals surface area contributed by atoms with Crippen LogP contribution in [-0.4, -0.2) is 30.1 Å². The van der Waals surface area contributed by atoms with Crippen molar-refractivity contribution in [1.82, 2.24) is 10.2 Å². The first-order chi connectivity index (χ1) is 9.97. The van der Waals surface area contributed by atoms with Crippen molar-refractivity contribution >= 4 is 0 Å². The molecule has 0 saturated carbocycles. The van der Waals surface area contributed by atoms with Crippen LogP contribution in [0.5, 0.6) is 0 Å². The maximum Gasteiger partial charge on any atom is 0.130 e. The Hall–Kier alpha value is -1.00. The molecule has 2 nitrogen and oxygen atoms in total. The van der Waals surface area contributed by atoms with E-state index >= 15 is 0 Å². The molecule has 0 bridgehead atoms. The first kappa shape index (κ1) is 16.4. The van der Waals surface area contributed by atoms with Gasteiger partial charge in [0.2, 0.25) is 0 Å². The molecule has 1 heterocycles. The highest BCUT2D eigenvalue weighted by atomic mass is 19.1. The predicted molar refractivity (Wildman–Crippen MR) is 82.3 cm³/mol. The normalized spacial score (nSPS) is 22.3. The quantitative estimate of drug-likeness (QED) is 0.907. The van der Waals surface area contributed by atoms with E-state index in [1.807, 2.05) is 6.92 Å². The number of hydrogen-bond donors (Lipinski definition) is 1. The Morgan fingerprint density at radius 1 is 1.14 bits per heavy atom. The fourth-order valence-corrected chi connectivity index (χ4v) is 3.10. The fraction of sp³-hybridized carbons (Fsp3) is 0.647. The Morgan fingerprint density at radius 3 is 2.57 bits per heavy atom. The molecule has 0 amide bonds. The number of hydrogen-bond acceptors (Lipinski definition) is 2. The van der Waals surface area contributed by atoms with Gasteiger partial charge in [0, 0.05) is 29.8 Å². The second-order valence-electron chi connectivity index (χ2n) is 6.31. The van der Waals surface area contributed by atoms with Crippen molar-refractivity contribution in [3.05, 3.63) is 35.4 Å². The number of nitrogens with zero attached hydrogens (tertiary/aromatic N) is 1. The van der Waals surface area contributed by atoms with Crippen molar-refractivity contribution in [2.24, 2.45) is 0 Å². The van der Waals surface area contributed by atoms with Gasteiger partial charge in [-0.2, -0.15) is 0 Å². The molecular weight excluding hydrogens is 270 g/mol. The van der Waals surface area contributed by atoms with E-state index in [1.165, 1.54) is 6.07 Å². The smallest absolute Gasteiger partial charge is 0.130 e. The summed E-state index contributed by atoms with van der Waals surface area (Å²) >= 11 is 0. The molecule has 0 radical (unpaired) electrons. The first-order valence-corrected chi connectivity index (χ1v) is 7.92. The second-order valence-corrected chi connectivity index (χ2v) is 6.31. The van der Waals surface area contributed by atoms with Gasteiger partial charge in [-0.3, -0.25) is 0 Å². The molecule has 0 aliphatic carbocycles. The highest BCUT2D eigenvalue weighted by Crippen LogP contribution is 2.21. The van der Waals surface area contributed by atoms with E-state index in [2.05, 4.69) is 24.1 Å². The van der Waals surface area contributed by atoms with Gasteiger partial charge in [-0.1, -0.05) is 6.07 Å². The molecule has 1 aromatic carbocycles. The molecule has 1 fully saturated rings. The van der Waals surface area contributed by atoms with Crippen LogP contribution < -0.4 is 5.32 Å². The lowest BCUT2D eigenvalue weighted by Crippen LogP contribution is -2.35. The van der Waals surface area contributed by atoms with Crippen molar-refractivity contribution in [2.75, 3.05) is 13.1 Å². The Bertz CT molecular complexity index is 462. The minimum absolute atomic E-state index is 0.0961. The van der Waals surface area contributed by atoms with E-state index in [-0.39, 0.29) is 6.04 Å². The Morgan fingerprint density at radius 2 is 1.90 bits per heavy atom. The van der Waals surface area contributed by atoms with Crippen LogP contribution in [-0.2, 0) is 0 Å². The molecule has 0 spiro atoms. The Labute approximate surface area is 126 Å². The molecule has 1 N–H and O–H groups in total. The van der Waals surface area contributed by atoms with Gasteiger partial charge < -0.3 is 10.2 Å². The van der Waals surface area contributed by atoms with Gasteiger partial charge in [0.05, 0.1) is 0 Å². The maximum atomic E-state index is 13.8. The minimum atomic E-state index is -0.523. The molecule has 0 aromatic heterocycles. The van der Waals surface area contributed by atoms with Crippen LogP contribution in [0, 0.1) is 11.6 Å². The zero-order valence-corrected chi connectivity index (χ0v) is 13.2. The van der Waals surface area contributed by atoms with Crippen LogP contribution >= 0.6 is 0 Å². The monoisotopic (exact) mass is 296 g/mol. The third kappa shape index (κ3) is 4.48. The van der Waals surface area contributed by atoms with Crippen molar-refractivity contribution in [1.29, 1.82) is 0 Å². The molecular formula is C17H26F2N2. The van der Waals surface area contributed by atoms with E-state index in [0.29, 0.717) is 17.6 Å². The predicted octanol–water partition coefficient (Wildman–Crippen LogP) is 3.88.